The van der Waals surface area contributed by atoms with Crippen LogP contribution in [0.2, 0.25) is 0 Å². The molecule has 0 saturated carbocycles. The number of nitrogens with zero attached hydrogens (tertiary/aromatic N) is 1. The summed E-state index contributed by atoms with van der Waals surface area (Å²) in [5.41, 5.74) is 1.69. The highest BCUT2D eigenvalue weighted by atomic mass is 79.9. The third kappa shape index (κ3) is 2.69. The highest BCUT2D eigenvalue weighted by Crippen LogP contribution is 2.38. The molecule has 1 heterocycles. The van der Waals surface area contributed by atoms with Crippen LogP contribution in [0.15, 0.2) is 22.7 Å². The smallest absolute Gasteiger partial charge is 0.414 e. The molecule has 0 aromatic heterocycles. The van der Waals surface area contributed by atoms with E-state index >= 15 is 0 Å². The molecule has 0 aliphatic carbocycles. The number of carbonyl (C=O) groups excluding carboxylic acids is 1. The second-order valence-corrected chi connectivity index (χ2v) is 6.61. The molecule has 0 bridgehead atoms. The molecule has 18 heavy (non-hydrogen) atoms. The van der Waals surface area contributed by atoms with E-state index in [0.29, 0.717) is 12.5 Å². The molecule has 3 nitrogen and oxygen atoms in total. The van der Waals surface area contributed by atoms with E-state index in [1.54, 1.807) is 4.90 Å². The first-order valence-corrected chi connectivity index (χ1v) is 6.87. The topological polar surface area (TPSA) is 29.5 Å². The molecule has 4 heteroatoms. The highest BCUT2D eigenvalue weighted by molar-refractivity contribution is 9.10. The molecular weight excluding hydrogens is 294 g/mol. The van der Waals surface area contributed by atoms with Gasteiger partial charge in [-0.2, -0.15) is 0 Å². The molecule has 0 radical (unpaired) electrons. The molecule has 1 aromatic rings. The second-order valence-electron chi connectivity index (χ2n) is 5.70. The SMILES string of the molecule is CC1CN(C(=O)OC(C)(C)C)c2cc(Br)ccc21. The normalized spacial score (nSPS) is 18.7. The molecule has 1 unspecified atom stereocenters. The van der Waals surface area contributed by atoms with E-state index in [4.69, 9.17) is 4.74 Å². The van der Waals surface area contributed by atoms with Crippen molar-refractivity contribution >= 4 is 27.7 Å². The number of ether oxygens (including phenoxy) is 1. The fraction of sp³-hybridized carbons (Fsp3) is 0.500. The number of anilines is 1. The van der Waals surface area contributed by atoms with E-state index < -0.39 is 5.60 Å². The summed E-state index contributed by atoms with van der Waals surface area (Å²) < 4.78 is 6.41. The van der Waals surface area contributed by atoms with Crippen molar-refractivity contribution in [3.8, 4) is 0 Å². The Labute approximate surface area is 116 Å². The molecular formula is C14H18BrNO2. The third-order valence-corrected chi connectivity index (χ3v) is 3.38. The van der Waals surface area contributed by atoms with Gasteiger partial charge in [0.2, 0.25) is 0 Å². The van der Waals surface area contributed by atoms with Gasteiger partial charge in [0, 0.05) is 16.9 Å². The first-order chi connectivity index (χ1) is 8.28. The van der Waals surface area contributed by atoms with E-state index in [0.717, 1.165) is 10.2 Å². The van der Waals surface area contributed by atoms with Crippen LogP contribution in [0.3, 0.4) is 0 Å². The Hall–Kier alpha value is -1.03. The predicted octanol–water partition coefficient (Wildman–Crippen LogP) is 4.31. The summed E-state index contributed by atoms with van der Waals surface area (Å²) >= 11 is 3.44. The zero-order valence-corrected chi connectivity index (χ0v) is 12.7. The van der Waals surface area contributed by atoms with Crippen molar-refractivity contribution in [3.05, 3.63) is 28.2 Å². The molecule has 1 aliphatic heterocycles. The quantitative estimate of drug-likeness (QED) is 0.714. The predicted molar refractivity (Wildman–Crippen MR) is 76.1 cm³/mol. The van der Waals surface area contributed by atoms with Crippen molar-refractivity contribution in [2.75, 3.05) is 11.4 Å². The third-order valence-electron chi connectivity index (χ3n) is 2.88. The number of carbonyl (C=O) groups is 1. The van der Waals surface area contributed by atoms with Crippen molar-refractivity contribution in [2.45, 2.75) is 39.2 Å². The second kappa shape index (κ2) is 4.57. The van der Waals surface area contributed by atoms with E-state index in [2.05, 4.69) is 28.9 Å². The average molecular weight is 312 g/mol. The first-order valence-electron chi connectivity index (χ1n) is 6.08. The fourth-order valence-corrected chi connectivity index (χ4v) is 2.48. The van der Waals surface area contributed by atoms with E-state index in [-0.39, 0.29) is 6.09 Å². The van der Waals surface area contributed by atoms with Gasteiger partial charge >= 0.3 is 6.09 Å². The molecule has 1 atom stereocenters. The monoisotopic (exact) mass is 311 g/mol. The fourth-order valence-electron chi connectivity index (χ4n) is 2.13. The van der Waals surface area contributed by atoms with Crippen molar-refractivity contribution in [1.82, 2.24) is 0 Å². The number of rotatable bonds is 0. The maximum absolute atomic E-state index is 12.2. The van der Waals surface area contributed by atoms with Gasteiger partial charge in [-0.25, -0.2) is 4.79 Å². The van der Waals surface area contributed by atoms with Crippen LogP contribution in [-0.4, -0.2) is 18.2 Å². The minimum Gasteiger partial charge on any atom is -0.443 e. The Kier molecular flexibility index (Phi) is 3.41. The summed E-state index contributed by atoms with van der Waals surface area (Å²) in [7, 11) is 0. The van der Waals surface area contributed by atoms with Crippen LogP contribution >= 0.6 is 15.9 Å². The maximum Gasteiger partial charge on any atom is 0.414 e. The highest BCUT2D eigenvalue weighted by Gasteiger charge is 2.32. The van der Waals surface area contributed by atoms with Gasteiger partial charge in [0.15, 0.2) is 0 Å². The summed E-state index contributed by atoms with van der Waals surface area (Å²) in [6, 6.07) is 6.05. The Balaban J connectivity index is 2.28. The van der Waals surface area contributed by atoms with Crippen LogP contribution in [0.25, 0.3) is 0 Å². The minimum absolute atomic E-state index is 0.272. The number of hydrogen-bond acceptors (Lipinski definition) is 2. The molecule has 1 aliphatic rings. The largest absolute Gasteiger partial charge is 0.443 e. The number of benzene rings is 1. The van der Waals surface area contributed by atoms with Gasteiger partial charge < -0.3 is 4.74 Å². The van der Waals surface area contributed by atoms with Crippen molar-refractivity contribution < 1.29 is 9.53 Å². The Morgan fingerprint density at radius 1 is 1.44 bits per heavy atom. The Bertz CT molecular complexity index is 479. The zero-order valence-electron chi connectivity index (χ0n) is 11.2. The number of halogens is 1. The Morgan fingerprint density at radius 2 is 2.11 bits per heavy atom. The molecule has 0 fully saturated rings. The van der Waals surface area contributed by atoms with Crippen LogP contribution in [0.5, 0.6) is 0 Å². The Morgan fingerprint density at radius 3 is 2.72 bits per heavy atom. The van der Waals surface area contributed by atoms with Crippen LogP contribution in [0, 0.1) is 0 Å². The number of fused-ring (bicyclic) bond motifs is 1. The van der Waals surface area contributed by atoms with Gasteiger partial charge in [-0.1, -0.05) is 28.9 Å². The van der Waals surface area contributed by atoms with Gasteiger partial charge in [-0.05, 0) is 38.5 Å². The molecule has 0 N–H and O–H groups in total. The zero-order chi connectivity index (χ0) is 13.5. The number of amides is 1. The molecule has 2 rings (SSSR count). The standard InChI is InChI=1S/C14H18BrNO2/c1-9-8-16(13(17)18-14(2,3)4)12-7-10(15)5-6-11(9)12/h5-7,9H,8H2,1-4H3. The summed E-state index contributed by atoms with van der Waals surface area (Å²) in [6.07, 6.45) is -0.272. The van der Waals surface area contributed by atoms with Crippen molar-refractivity contribution in [2.24, 2.45) is 0 Å². The maximum atomic E-state index is 12.2. The molecule has 0 saturated heterocycles. The van der Waals surface area contributed by atoms with Gasteiger partial charge in [-0.3, -0.25) is 4.90 Å². The number of hydrogen-bond donors (Lipinski definition) is 0. The lowest BCUT2D eigenvalue weighted by Gasteiger charge is -2.25. The van der Waals surface area contributed by atoms with Gasteiger partial charge in [0.05, 0.1) is 5.69 Å². The van der Waals surface area contributed by atoms with Gasteiger partial charge in [0.1, 0.15) is 5.60 Å². The lowest BCUT2D eigenvalue weighted by molar-refractivity contribution is 0.0582. The van der Waals surface area contributed by atoms with E-state index in [9.17, 15) is 4.79 Å². The van der Waals surface area contributed by atoms with Crippen LogP contribution in [0.4, 0.5) is 10.5 Å². The summed E-state index contributed by atoms with van der Waals surface area (Å²) in [5.74, 6) is 0.348. The van der Waals surface area contributed by atoms with E-state index in [1.807, 2.05) is 32.9 Å². The first kappa shape index (κ1) is 13.4. The lowest BCUT2D eigenvalue weighted by atomic mass is 10.0. The van der Waals surface area contributed by atoms with E-state index in [1.165, 1.54) is 5.56 Å². The summed E-state index contributed by atoms with van der Waals surface area (Å²) in [6.45, 7) is 8.45. The average Bonchev–Trinajstić information content (AvgIpc) is 2.53. The van der Waals surface area contributed by atoms with Crippen LogP contribution < -0.4 is 4.90 Å². The molecule has 98 valence electrons. The summed E-state index contributed by atoms with van der Waals surface area (Å²) in [5, 5.41) is 0. The van der Waals surface area contributed by atoms with Gasteiger partial charge in [-0.15, -0.1) is 0 Å². The van der Waals surface area contributed by atoms with Crippen molar-refractivity contribution in [3.63, 3.8) is 0 Å². The summed E-state index contributed by atoms with van der Waals surface area (Å²) in [4.78, 5) is 13.9. The molecule has 1 aromatic carbocycles. The van der Waals surface area contributed by atoms with Gasteiger partial charge in [0.25, 0.3) is 0 Å². The van der Waals surface area contributed by atoms with Crippen molar-refractivity contribution in [1.29, 1.82) is 0 Å². The van der Waals surface area contributed by atoms with Crippen LogP contribution in [0.1, 0.15) is 39.2 Å². The van der Waals surface area contributed by atoms with Crippen LogP contribution in [-0.2, 0) is 4.74 Å². The molecule has 1 amide bonds. The molecule has 0 spiro atoms. The minimum atomic E-state index is -0.463. The lowest BCUT2D eigenvalue weighted by Crippen LogP contribution is -2.36.